The average molecular weight is 287 g/mol. The number of hydrogen-bond acceptors (Lipinski definition) is 2. The molecule has 0 fully saturated rings. The lowest BCUT2D eigenvalue weighted by Gasteiger charge is -2.25. The first kappa shape index (κ1) is 15.3. The second kappa shape index (κ2) is 6.12. The molecule has 112 valence electrons. The van der Waals surface area contributed by atoms with Gasteiger partial charge in [-0.05, 0) is 44.7 Å². The molecule has 0 radical (unpaired) electrons. The minimum absolute atomic E-state index is 0.207. The molecular weight excluding hydrogens is 266 g/mol. The summed E-state index contributed by atoms with van der Waals surface area (Å²) in [6, 6.07) is 4.02. The second-order valence-corrected chi connectivity index (χ2v) is 5.76. The largest absolute Gasteiger partial charge is 0.481 e. The predicted molar refractivity (Wildman–Crippen MR) is 82.3 cm³/mol. The third-order valence-corrected chi connectivity index (χ3v) is 4.01. The summed E-state index contributed by atoms with van der Waals surface area (Å²) >= 11 is 0. The Morgan fingerprint density at radius 2 is 1.57 bits per heavy atom. The number of amides is 1. The van der Waals surface area contributed by atoms with Crippen LogP contribution in [0.2, 0.25) is 0 Å². The zero-order valence-electron chi connectivity index (χ0n) is 12.6. The molecule has 0 saturated heterocycles. The van der Waals surface area contributed by atoms with Crippen molar-refractivity contribution in [3.05, 3.63) is 41.0 Å². The molecule has 2 atom stereocenters. The average Bonchev–Trinajstić information content (AvgIpc) is 2.42. The molecule has 0 heterocycles. The van der Waals surface area contributed by atoms with Crippen molar-refractivity contribution < 1.29 is 14.7 Å². The number of aryl methyl sites for hydroxylation is 3. The first-order valence-electron chi connectivity index (χ1n) is 7.16. The van der Waals surface area contributed by atoms with Crippen LogP contribution in [0.1, 0.15) is 29.5 Å². The first-order chi connectivity index (χ1) is 9.90. The van der Waals surface area contributed by atoms with E-state index in [0.717, 1.165) is 22.4 Å². The Bertz CT molecular complexity index is 581. The van der Waals surface area contributed by atoms with E-state index in [1.165, 1.54) is 0 Å². The molecule has 0 unspecified atom stereocenters. The maximum atomic E-state index is 12.5. The minimum atomic E-state index is -0.906. The fourth-order valence-corrected chi connectivity index (χ4v) is 2.97. The number of hydrogen-bond donors (Lipinski definition) is 2. The smallest absolute Gasteiger partial charge is 0.307 e. The number of allylic oxidation sites excluding steroid dienone is 2. The molecule has 4 heteroatoms. The lowest BCUT2D eigenvalue weighted by Crippen LogP contribution is -2.35. The number of carbonyl (C=O) groups is 2. The summed E-state index contributed by atoms with van der Waals surface area (Å²) in [6.07, 6.45) is 4.62. The van der Waals surface area contributed by atoms with Crippen LogP contribution in [0, 0.1) is 32.6 Å². The molecule has 2 rings (SSSR count). The zero-order chi connectivity index (χ0) is 15.6. The molecule has 1 aromatic rings. The SMILES string of the molecule is Cc1cc(C)c(NC(=O)[C@H]2CC=CC[C@H]2C(=O)O)c(C)c1. The molecule has 21 heavy (non-hydrogen) atoms. The first-order valence-corrected chi connectivity index (χ1v) is 7.16. The lowest BCUT2D eigenvalue weighted by molar-refractivity contribution is -0.146. The molecule has 0 aliphatic heterocycles. The summed E-state index contributed by atoms with van der Waals surface area (Å²) < 4.78 is 0. The Morgan fingerprint density at radius 3 is 2.10 bits per heavy atom. The van der Waals surface area contributed by atoms with Gasteiger partial charge in [0.2, 0.25) is 5.91 Å². The number of carboxylic acids is 1. The van der Waals surface area contributed by atoms with Crippen molar-refractivity contribution in [1.29, 1.82) is 0 Å². The highest BCUT2D eigenvalue weighted by Crippen LogP contribution is 2.29. The van der Waals surface area contributed by atoms with Gasteiger partial charge in [-0.2, -0.15) is 0 Å². The summed E-state index contributed by atoms with van der Waals surface area (Å²) in [5.74, 6) is -2.26. The van der Waals surface area contributed by atoms with E-state index < -0.39 is 17.8 Å². The molecule has 4 nitrogen and oxygen atoms in total. The van der Waals surface area contributed by atoms with Gasteiger partial charge in [-0.25, -0.2) is 0 Å². The summed E-state index contributed by atoms with van der Waals surface area (Å²) in [5, 5.41) is 12.2. The molecule has 0 saturated carbocycles. The van der Waals surface area contributed by atoms with E-state index in [9.17, 15) is 14.7 Å². The van der Waals surface area contributed by atoms with Crippen molar-refractivity contribution in [2.45, 2.75) is 33.6 Å². The Morgan fingerprint density at radius 1 is 1.05 bits per heavy atom. The summed E-state index contributed by atoms with van der Waals surface area (Å²) in [6.45, 7) is 5.91. The van der Waals surface area contributed by atoms with Gasteiger partial charge in [-0.15, -0.1) is 0 Å². The maximum Gasteiger partial charge on any atom is 0.307 e. The molecule has 1 amide bonds. The standard InChI is InChI=1S/C17H21NO3/c1-10-8-11(2)15(12(3)9-10)18-16(19)13-6-4-5-7-14(13)17(20)21/h4-5,8-9,13-14H,6-7H2,1-3H3,(H,18,19)(H,20,21)/t13-,14+/m0/s1. The Hall–Kier alpha value is -2.10. The summed E-state index contributed by atoms with van der Waals surface area (Å²) in [5.41, 5.74) is 3.94. The molecule has 1 aromatic carbocycles. The third kappa shape index (κ3) is 3.32. The number of rotatable bonds is 3. The van der Waals surface area contributed by atoms with E-state index in [-0.39, 0.29) is 5.91 Å². The molecule has 2 N–H and O–H groups in total. The van der Waals surface area contributed by atoms with Crippen molar-refractivity contribution in [2.75, 3.05) is 5.32 Å². The molecular formula is C17H21NO3. The van der Waals surface area contributed by atoms with Crippen LogP contribution in [0.3, 0.4) is 0 Å². The van der Waals surface area contributed by atoms with Gasteiger partial charge in [0.1, 0.15) is 0 Å². The van der Waals surface area contributed by atoms with Gasteiger partial charge in [0.25, 0.3) is 0 Å². The van der Waals surface area contributed by atoms with Gasteiger partial charge >= 0.3 is 5.97 Å². The molecule has 0 aromatic heterocycles. The monoisotopic (exact) mass is 287 g/mol. The molecule has 1 aliphatic rings. The normalized spacial score (nSPS) is 21.1. The third-order valence-electron chi connectivity index (χ3n) is 4.01. The van der Waals surface area contributed by atoms with Gasteiger partial charge in [0, 0.05) is 5.69 Å². The van der Waals surface area contributed by atoms with Crippen LogP contribution in [0.15, 0.2) is 24.3 Å². The van der Waals surface area contributed by atoms with Crippen LogP contribution in [0.25, 0.3) is 0 Å². The van der Waals surface area contributed by atoms with Crippen molar-refractivity contribution in [3.63, 3.8) is 0 Å². The number of benzene rings is 1. The van der Waals surface area contributed by atoms with E-state index in [0.29, 0.717) is 12.8 Å². The van der Waals surface area contributed by atoms with Gasteiger partial charge < -0.3 is 10.4 Å². The fourth-order valence-electron chi connectivity index (χ4n) is 2.97. The van der Waals surface area contributed by atoms with Crippen molar-refractivity contribution >= 4 is 17.6 Å². The number of anilines is 1. The number of nitrogens with one attached hydrogen (secondary N) is 1. The van der Waals surface area contributed by atoms with E-state index in [1.807, 2.05) is 45.1 Å². The van der Waals surface area contributed by atoms with E-state index in [2.05, 4.69) is 5.32 Å². The molecule has 0 spiro atoms. The van der Waals surface area contributed by atoms with Crippen LogP contribution < -0.4 is 5.32 Å². The van der Waals surface area contributed by atoms with Crippen molar-refractivity contribution in [1.82, 2.24) is 0 Å². The van der Waals surface area contributed by atoms with Crippen molar-refractivity contribution in [3.8, 4) is 0 Å². The van der Waals surface area contributed by atoms with Gasteiger partial charge in [-0.1, -0.05) is 29.8 Å². The van der Waals surface area contributed by atoms with Gasteiger partial charge in [-0.3, -0.25) is 9.59 Å². The quantitative estimate of drug-likeness (QED) is 0.839. The van der Waals surface area contributed by atoms with Gasteiger partial charge in [0.05, 0.1) is 11.8 Å². The lowest BCUT2D eigenvalue weighted by atomic mass is 9.82. The van der Waals surface area contributed by atoms with Crippen LogP contribution in [-0.2, 0) is 9.59 Å². The molecule has 0 bridgehead atoms. The van der Waals surface area contributed by atoms with E-state index in [1.54, 1.807) is 0 Å². The van der Waals surface area contributed by atoms with Crippen LogP contribution in [0.4, 0.5) is 5.69 Å². The predicted octanol–water partition coefficient (Wildman–Crippen LogP) is 3.22. The number of aliphatic carboxylic acids is 1. The number of carbonyl (C=O) groups excluding carboxylic acids is 1. The minimum Gasteiger partial charge on any atom is -0.481 e. The summed E-state index contributed by atoms with van der Waals surface area (Å²) in [7, 11) is 0. The Kier molecular flexibility index (Phi) is 4.46. The van der Waals surface area contributed by atoms with E-state index in [4.69, 9.17) is 0 Å². The maximum absolute atomic E-state index is 12.5. The Balaban J connectivity index is 2.21. The summed E-state index contributed by atoms with van der Waals surface area (Å²) in [4.78, 5) is 23.7. The highest BCUT2D eigenvalue weighted by atomic mass is 16.4. The topological polar surface area (TPSA) is 66.4 Å². The highest BCUT2D eigenvalue weighted by molar-refractivity contribution is 5.96. The van der Waals surface area contributed by atoms with Crippen LogP contribution >= 0.6 is 0 Å². The zero-order valence-corrected chi connectivity index (χ0v) is 12.6. The number of carboxylic acid groups (broad SMARTS) is 1. The highest BCUT2D eigenvalue weighted by Gasteiger charge is 2.34. The Labute approximate surface area is 124 Å². The van der Waals surface area contributed by atoms with Crippen LogP contribution in [-0.4, -0.2) is 17.0 Å². The second-order valence-electron chi connectivity index (χ2n) is 5.76. The fraction of sp³-hybridized carbons (Fsp3) is 0.412. The van der Waals surface area contributed by atoms with Gasteiger partial charge in [0.15, 0.2) is 0 Å². The molecule has 1 aliphatic carbocycles. The van der Waals surface area contributed by atoms with E-state index >= 15 is 0 Å². The van der Waals surface area contributed by atoms with Crippen LogP contribution in [0.5, 0.6) is 0 Å². The van der Waals surface area contributed by atoms with Crippen molar-refractivity contribution in [2.24, 2.45) is 11.8 Å².